The van der Waals surface area contributed by atoms with Crippen molar-refractivity contribution in [1.82, 2.24) is 9.47 Å². The number of carbonyl (C=O) groups is 2. The number of ether oxygens (including phenoxy) is 2. The van der Waals surface area contributed by atoms with Crippen molar-refractivity contribution >= 4 is 11.9 Å². The van der Waals surface area contributed by atoms with Gasteiger partial charge in [-0.05, 0) is 5.56 Å². The molecule has 1 aliphatic rings. The molecule has 26 heavy (non-hydrogen) atoms. The predicted molar refractivity (Wildman–Crippen MR) is 93.9 cm³/mol. The summed E-state index contributed by atoms with van der Waals surface area (Å²) < 4.78 is 11.9. The molecule has 7 heteroatoms. The number of rotatable bonds is 5. The summed E-state index contributed by atoms with van der Waals surface area (Å²) in [7, 11) is 3.00. The molecule has 0 aliphatic carbocycles. The van der Waals surface area contributed by atoms with Gasteiger partial charge >= 0.3 is 5.97 Å². The largest absolute Gasteiger partial charge is 0.483 e. The van der Waals surface area contributed by atoms with Crippen LogP contribution in [0, 0.1) is 5.92 Å². The number of aryl methyl sites for hydroxylation is 1. The van der Waals surface area contributed by atoms with Crippen LogP contribution in [0.2, 0.25) is 0 Å². The molecule has 1 aromatic heterocycles. The normalized spacial score (nSPS) is 13.8. The molecule has 1 saturated heterocycles. The predicted octanol–water partition coefficient (Wildman–Crippen LogP) is 1.21. The van der Waals surface area contributed by atoms with Gasteiger partial charge in [0.25, 0.3) is 5.91 Å². The van der Waals surface area contributed by atoms with Crippen LogP contribution in [0.4, 0.5) is 0 Å². The molecular formula is C19H20N2O5. The number of hydrogen-bond acceptors (Lipinski definition) is 5. The highest BCUT2D eigenvalue weighted by molar-refractivity contribution is 5.96. The molecule has 1 fully saturated rings. The maximum atomic E-state index is 12.8. The third-order valence-corrected chi connectivity index (χ3v) is 4.37. The summed E-state index contributed by atoms with van der Waals surface area (Å²) in [6, 6.07) is 10.8. The Morgan fingerprint density at radius 2 is 1.85 bits per heavy atom. The average Bonchev–Trinajstić information content (AvgIpc) is 2.61. The van der Waals surface area contributed by atoms with E-state index in [1.165, 1.54) is 24.3 Å². The highest BCUT2D eigenvalue weighted by Crippen LogP contribution is 2.23. The molecular weight excluding hydrogens is 336 g/mol. The number of aromatic nitrogens is 1. The standard InChI is InChI=1S/C19H20N2O5/c1-20-9-8-15(22)17(26-12-13-6-4-3-5-7-13)16(20)18(23)21-10-14(11-21)19(24)25-2/h3-9,14H,10-12H2,1-2H3. The molecule has 0 bridgehead atoms. The molecule has 7 nitrogen and oxygen atoms in total. The van der Waals surface area contributed by atoms with Crippen molar-refractivity contribution in [2.24, 2.45) is 13.0 Å². The van der Waals surface area contributed by atoms with Crippen LogP contribution in [0.25, 0.3) is 0 Å². The second-order valence-corrected chi connectivity index (χ2v) is 6.17. The number of amides is 1. The molecule has 1 amide bonds. The van der Waals surface area contributed by atoms with Crippen LogP contribution in [0.5, 0.6) is 5.75 Å². The first-order valence-corrected chi connectivity index (χ1v) is 8.24. The first kappa shape index (κ1) is 17.7. The smallest absolute Gasteiger partial charge is 0.312 e. The van der Waals surface area contributed by atoms with Gasteiger partial charge < -0.3 is 18.9 Å². The third kappa shape index (κ3) is 3.46. The van der Waals surface area contributed by atoms with Crippen molar-refractivity contribution in [2.75, 3.05) is 20.2 Å². The van der Waals surface area contributed by atoms with E-state index in [0.717, 1.165) is 5.56 Å². The van der Waals surface area contributed by atoms with E-state index in [1.807, 2.05) is 30.3 Å². The Balaban J connectivity index is 1.80. The highest BCUT2D eigenvalue weighted by atomic mass is 16.5. The van der Waals surface area contributed by atoms with Gasteiger partial charge in [0.05, 0.1) is 13.0 Å². The quantitative estimate of drug-likeness (QED) is 0.753. The van der Waals surface area contributed by atoms with E-state index in [1.54, 1.807) is 11.6 Å². The number of likely N-dealkylation sites (tertiary alicyclic amines) is 1. The van der Waals surface area contributed by atoms with Crippen molar-refractivity contribution in [2.45, 2.75) is 6.61 Å². The molecule has 136 valence electrons. The van der Waals surface area contributed by atoms with Gasteiger partial charge in [-0.15, -0.1) is 0 Å². The second kappa shape index (κ2) is 7.43. The fourth-order valence-electron chi connectivity index (χ4n) is 2.83. The van der Waals surface area contributed by atoms with Crippen LogP contribution < -0.4 is 10.2 Å². The van der Waals surface area contributed by atoms with E-state index in [-0.39, 0.29) is 54.4 Å². The molecule has 3 rings (SSSR count). The number of benzene rings is 1. The Labute approximate surface area is 150 Å². The minimum absolute atomic E-state index is 0.0189. The molecule has 0 atom stereocenters. The Morgan fingerprint density at radius 3 is 2.50 bits per heavy atom. The number of hydrogen-bond donors (Lipinski definition) is 0. The van der Waals surface area contributed by atoms with E-state index < -0.39 is 0 Å². The first-order valence-electron chi connectivity index (χ1n) is 8.24. The van der Waals surface area contributed by atoms with Gasteiger partial charge in [0.2, 0.25) is 5.43 Å². The molecule has 2 aromatic rings. The second-order valence-electron chi connectivity index (χ2n) is 6.17. The van der Waals surface area contributed by atoms with E-state index in [9.17, 15) is 14.4 Å². The summed E-state index contributed by atoms with van der Waals surface area (Å²) in [5.41, 5.74) is 0.718. The van der Waals surface area contributed by atoms with Gasteiger partial charge in [-0.1, -0.05) is 30.3 Å². The summed E-state index contributed by atoms with van der Waals surface area (Å²) in [5, 5.41) is 0. The minimum Gasteiger partial charge on any atom is -0.483 e. The van der Waals surface area contributed by atoms with E-state index in [2.05, 4.69) is 4.74 Å². The van der Waals surface area contributed by atoms with Gasteiger partial charge in [-0.25, -0.2) is 0 Å². The van der Waals surface area contributed by atoms with E-state index >= 15 is 0 Å². The van der Waals surface area contributed by atoms with Gasteiger partial charge in [0.15, 0.2) is 11.4 Å². The summed E-state index contributed by atoms with van der Waals surface area (Å²) in [5.74, 6) is -0.978. The Bertz CT molecular complexity index is 869. The summed E-state index contributed by atoms with van der Waals surface area (Å²) in [4.78, 5) is 38.1. The molecule has 0 saturated carbocycles. The minimum atomic E-state index is -0.354. The Kier molecular flexibility index (Phi) is 5.06. The van der Waals surface area contributed by atoms with Gasteiger partial charge in [0, 0.05) is 32.4 Å². The lowest BCUT2D eigenvalue weighted by Crippen LogP contribution is -2.54. The monoisotopic (exact) mass is 356 g/mol. The zero-order valence-electron chi connectivity index (χ0n) is 14.7. The zero-order valence-corrected chi connectivity index (χ0v) is 14.7. The Morgan fingerprint density at radius 1 is 1.15 bits per heavy atom. The van der Waals surface area contributed by atoms with Gasteiger partial charge in [-0.3, -0.25) is 14.4 Å². The molecule has 0 radical (unpaired) electrons. The maximum Gasteiger partial charge on any atom is 0.312 e. The third-order valence-electron chi connectivity index (χ3n) is 4.37. The van der Waals surface area contributed by atoms with Crippen LogP contribution in [0.3, 0.4) is 0 Å². The highest BCUT2D eigenvalue weighted by Gasteiger charge is 2.38. The molecule has 0 spiro atoms. The fourth-order valence-corrected chi connectivity index (χ4v) is 2.83. The number of carbonyl (C=O) groups excluding carboxylic acids is 2. The molecule has 0 N–H and O–H groups in total. The zero-order chi connectivity index (χ0) is 18.7. The maximum absolute atomic E-state index is 12.8. The fraction of sp³-hybridized carbons (Fsp3) is 0.316. The van der Waals surface area contributed by atoms with Crippen molar-refractivity contribution in [3.63, 3.8) is 0 Å². The number of esters is 1. The van der Waals surface area contributed by atoms with Crippen LogP contribution in [-0.2, 0) is 23.2 Å². The number of methoxy groups -OCH3 is 1. The number of nitrogens with zero attached hydrogens (tertiary/aromatic N) is 2. The van der Waals surface area contributed by atoms with E-state index in [4.69, 9.17) is 4.74 Å². The van der Waals surface area contributed by atoms with Crippen LogP contribution in [0.15, 0.2) is 47.4 Å². The number of pyridine rings is 1. The van der Waals surface area contributed by atoms with Crippen molar-refractivity contribution in [3.8, 4) is 5.75 Å². The van der Waals surface area contributed by atoms with Crippen LogP contribution in [0.1, 0.15) is 16.1 Å². The average molecular weight is 356 g/mol. The Hall–Kier alpha value is -3.09. The molecule has 0 unspecified atom stereocenters. The topological polar surface area (TPSA) is 77.8 Å². The van der Waals surface area contributed by atoms with Gasteiger partial charge in [-0.2, -0.15) is 0 Å². The lowest BCUT2D eigenvalue weighted by Gasteiger charge is -2.37. The van der Waals surface area contributed by atoms with Crippen LogP contribution >= 0.6 is 0 Å². The molecule has 1 aliphatic heterocycles. The molecule has 2 heterocycles. The van der Waals surface area contributed by atoms with Crippen molar-refractivity contribution < 1.29 is 19.1 Å². The summed E-state index contributed by atoms with van der Waals surface area (Å²) >= 11 is 0. The summed E-state index contributed by atoms with van der Waals surface area (Å²) in [6.07, 6.45) is 1.53. The lowest BCUT2D eigenvalue weighted by atomic mass is 10.00. The van der Waals surface area contributed by atoms with Gasteiger partial charge in [0.1, 0.15) is 6.61 Å². The lowest BCUT2D eigenvalue weighted by molar-refractivity contribution is -0.149. The molecule has 1 aromatic carbocycles. The first-order chi connectivity index (χ1) is 12.5. The van der Waals surface area contributed by atoms with Crippen molar-refractivity contribution in [3.05, 3.63) is 64.1 Å². The van der Waals surface area contributed by atoms with Crippen molar-refractivity contribution in [1.29, 1.82) is 0 Å². The summed E-state index contributed by atoms with van der Waals surface area (Å²) in [6.45, 7) is 0.727. The van der Waals surface area contributed by atoms with E-state index in [0.29, 0.717) is 0 Å². The van der Waals surface area contributed by atoms with Crippen LogP contribution in [-0.4, -0.2) is 41.5 Å². The SMILES string of the molecule is COC(=O)C1CN(C(=O)c2c(OCc3ccccc3)c(=O)ccn2C)C1.